The van der Waals surface area contributed by atoms with Gasteiger partial charge in [0.05, 0.1) is 18.6 Å². The Balaban J connectivity index is 5.00. The van der Waals surface area contributed by atoms with Crippen LogP contribution in [-0.4, -0.2) is 75.3 Å². The molecule has 12 heteroatoms. The van der Waals surface area contributed by atoms with Crippen molar-refractivity contribution in [3.8, 4) is 0 Å². The Morgan fingerprint density at radius 3 is 1.71 bits per heavy atom. The second-order valence-electron chi connectivity index (χ2n) is 6.73. The smallest absolute Gasteiger partial charge is 0.328 e. The van der Waals surface area contributed by atoms with Crippen LogP contribution >= 0.6 is 0 Å². The van der Waals surface area contributed by atoms with E-state index in [0.717, 1.165) is 0 Å². The van der Waals surface area contributed by atoms with E-state index in [1.54, 1.807) is 13.8 Å². The molecule has 0 aliphatic rings. The van der Waals surface area contributed by atoms with Crippen molar-refractivity contribution in [1.29, 1.82) is 0 Å². The van der Waals surface area contributed by atoms with Crippen molar-refractivity contribution in [1.82, 2.24) is 16.0 Å². The predicted molar refractivity (Wildman–Crippen MR) is 95.8 cm³/mol. The summed E-state index contributed by atoms with van der Waals surface area (Å²) in [6.07, 6.45) is -1.98. The maximum absolute atomic E-state index is 12.4. The van der Waals surface area contributed by atoms with Crippen LogP contribution in [0.15, 0.2) is 0 Å². The average molecular weight is 404 g/mol. The van der Waals surface area contributed by atoms with Crippen molar-refractivity contribution in [2.75, 3.05) is 0 Å². The summed E-state index contributed by atoms with van der Waals surface area (Å²) in [5.74, 6) is -5.56. The highest BCUT2D eigenvalue weighted by atomic mass is 16.4. The summed E-state index contributed by atoms with van der Waals surface area (Å²) >= 11 is 0. The van der Waals surface area contributed by atoms with Gasteiger partial charge in [0, 0.05) is 0 Å². The first-order chi connectivity index (χ1) is 12.8. The van der Waals surface area contributed by atoms with Gasteiger partial charge in [-0.1, -0.05) is 13.8 Å². The lowest BCUT2D eigenvalue weighted by atomic mass is 10.0. The topological polar surface area (TPSA) is 208 Å². The van der Waals surface area contributed by atoms with Gasteiger partial charge in [0.15, 0.2) is 6.04 Å². The molecule has 0 radical (unpaired) electrons. The third kappa shape index (κ3) is 8.31. The minimum Gasteiger partial charge on any atom is -0.481 e. The van der Waals surface area contributed by atoms with E-state index in [4.69, 9.17) is 15.9 Å². The Labute approximate surface area is 161 Å². The molecule has 5 unspecified atom stereocenters. The van der Waals surface area contributed by atoms with E-state index >= 15 is 0 Å². The number of carboxylic acid groups (broad SMARTS) is 2. The van der Waals surface area contributed by atoms with E-state index in [1.807, 2.05) is 0 Å². The monoisotopic (exact) mass is 404 g/mol. The summed E-state index contributed by atoms with van der Waals surface area (Å²) in [6, 6.07) is -5.18. The number of aliphatic hydroxyl groups excluding tert-OH is 1. The van der Waals surface area contributed by atoms with Gasteiger partial charge in [-0.25, -0.2) is 4.79 Å². The zero-order valence-electron chi connectivity index (χ0n) is 16.1. The van der Waals surface area contributed by atoms with Gasteiger partial charge in [0.2, 0.25) is 17.7 Å². The number of hydrogen-bond donors (Lipinski definition) is 7. The average Bonchev–Trinajstić information content (AvgIpc) is 2.54. The molecule has 0 bridgehead atoms. The SMILES string of the molecule is CC(NC(=O)C(NC(=O)C(N)CC(=O)O)C(C)C)C(=O)NC(C(=O)O)C(C)O. The minimum absolute atomic E-state index is 0.416. The lowest BCUT2D eigenvalue weighted by Gasteiger charge is -2.25. The highest BCUT2D eigenvalue weighted by Gasteiger charge is 2.31. The van der Waals surface area contributed by atoms with Crippen LogP contribution in [0.2, 0.25) is 0 Å². The summed E-state index contributed by atoms with van der Waals surface area (Å²) in [7, 11) is 0. The Morgan fingerprint density at radius 2 is 1.32 bits per heavy atom. The molecule has 28 heavy (non-hydrogen) atoms. The first kappa shape index (κ1) is 25.3. The van der Waals surface area contributed by atoms with Crippen LogP contribution < -0.4 is 21.7 Å². The normalized spacial score (nSPS) is 16.2. The molecular weight excluding hydrogens is 376 g/mol. The van der Waals surface area contributed by atoms with Crippen LogP contribution in [0.25, 0.3) is 0 Å². The van der Waals surface area contributed by atoms with Gasteiger partial charge >= 0.3 is 11.9 Å². The maximum Gasteiger partial charge on any atom is 0.328 e. The molecule has 0 fully saturated rings. The van der Waals surface area contributed by atoms with E-state index < -0.39 is 72.3 Å². The zero-order valence-corrected chi connectivity index (χ0v) is 16.1. The molecule has 0 rings (SSSR count). The van der Waals surface area contributed by atoms with E-state index in [2.05, 4.69) is 16.0 Å². The van der Waals surface area contributed by atoms with Crippen LogP contribution in [0.3, 0.4) is 0 Å². The summed E-state index contributed by atoms with van der Waals surface area (Å²) in [4.78, 5) is 58.1. The zero-order chi connectivity index (χ0) is 22.2. The molecule has 0 heterocycles. The molecule has 0 aromatic heterocycles. The molecule has 3 amide bonds. The number of carboxylic acids is 2. The molecular formula is C16H28N4O8. The Hall–Kier alpha value is -2.73. The molecule has 0 aromatic rings. The van der Waals surface area contributed by atoms with Gasteiger partial charge in [-0.3, -0.25) is 19.2 Å². The summed E-state index contributed by atoms with van der Waals surface area (Å²) < 4.78 is 0. The van der Waals surface area contributed by atoms with E-state index in [9.17, 15) is 29.1 Å². The third-order valence-corrected chi connectivity index (χ3v) is 3.78. The number of aliphatic carboxylic acids is 2. The van der Waals surface area contributed by atoms with Crippen molar-refractivity contribution >= 4 is 29.7 Å². The quantitative estimate of drug-likeness (QED) is 0.192. The maximum atomic E-state index is 12.4. The number of carbonyl (C=O) groups excluding carboxylic acids is 3. The predicted octanol–water partition coefficient (Wildman–Crippen LogP) is -2.62. The van der Waals surface area contributed by atoms with Gasteiger partial charge in [-0.2, -0.15) is 0 Å². The summed E-state index contributed by atoms with van der Waals surface area (Å²) in [6.45, 7) is 5.72. The second kappa shape index (κ2) is 11.2. The van der Waals surface area contributed by atoms with Crippen molar-refractivity contribution < 1.29 is 39.3 Å². The molecule has 8 N–H and O–H groups in total. The fourth-order valence-electron chi connectivity index (χ4n) is 2.11. The van der Waals surface area contributed by atoms with Crippen molar-refractivity contribution in [2.45, 2.75) is 64.4 Å². The van der Waals surface area contributed by atoms with Crippen LogP contribution in [0.1, 0.15) is 34.1 Å². The fourth-order valence-corrected chi connectivity index (χ4v) is 2.11. The lowest BCUT2D eigenvalue weighted by molar-refractivity contribution is -0.145. The highest BCUT2D eigenvalue weighted by Crippen LogP contribution is 2.04. The van der Waals surface area contributed by atoms with E-state index in [1.165, 1.54) is 13.8 Å². The number of aliphatic hydroxyl groups is 1. The number of carbonyl (C=O) groups is 5. The largest absolute Gasteiger partial charge is 0.481 e. The van der Waals surface area contributed by atoms with Gasteiger partial charge in [-0.05, 0) is 19.8 Å². The third-order valence-electron chi connectivity index (χ3n) is 3.78. The molecule has 0 aliphatic carbocycles. The van der Waals surface area contributed by atoms with E-state index in [-0.39, 0.29) is 0 Å². The molecule has 12 nitrogen and oxygen atoms in total. The van der Waals surface area contributed by atoms with Crippen molar-refractivity contribution in [2.24, 2.45) is 11.7 Å². The van der Waals surface area contributed by atoms with Crippen molar-refractivity contribution in [3.63, 3.8) is 0 Å². The number of nitrogens with one attached hydrogen (secondary N) is 3. The van der Waals surface area contributed by atoms with Gasteiger partial charge < -0.3 is 37.0 Å². The van der Waals surface area contributed by atoms with Crippen LogP contribution in [-0.2, 0) is 24.0 Å². The summed E-state index contributed by atoms with van der Waals surface area (Å²) in [5.41, 5.74) is 5.46. The Bertz CT molecular complexity index is 607. The Morgan fingerprint density at radius 1 is 0.821 bits per heavy atom. The van der Waals surface area contributed by atoms with Crippen LogP contribution in [0.5, 0.6) is 0 Å². The number of nitrogens with two attached hydrogens (primary N) is 1. The molecule has 0 aromatic carbocycles. The molecule has 0 spiro atoms. The van der Waals surface area contributed by atoms with E-state index in [0.29, 0.717) is 0 Å². The van der Waals surface area contributed by atoms with Crippen molar-refractivity contribution in [3.05, 3.63) is 0 Å². The Kier molecular flexibility index (Phi) is 10.1. The summed E-state index contributed by atoms with van der Waals surface area (Å²) in [5, 5.41) is 33.8. The molecule has 5 atom stereocenters. The standard InChI is InChI=1S/C16H28N4O8/c1-6(2)11(19-14(25)9(17)5-10(22)23)15(26)18-7(3)13(24)20-12(8(4)21)16(27)28/h6-9,11-12,21H,5,17H2,1-4H3,(H,18,26)(H,19,25)(H,20,24)(H,22,23)(H,27,28). The molecule has 0 saturated carbocycles. The molecule has 0 saturated heterocycles. The number of amides is 3. The van der Waals surface area contributed by atoms with Gasteiger partial charge in [-0.15, -0.1) is 0 Å². The fraction of sp³-hybridized carbons (Fsp3) is 0.688. The first-order valence-electron chi connectivity index (χ1n) is 8.57. The van der Waals surface area contributed by atoms with Crippen LogP contribution in [0.4, 0.5) is 0 Å². The van der Waals surface area contributed by atoms with Gasteiger partial charge in [0.25, 0.3) is 0 Å². The number of hydrogen-bond acceptors (Lipinski definition) is 7. The highest BCUT2D eigenvalue weighted by molar-refractivity contribution is 5.94. The first-order valence-corrected chi connectivity index (χ1v) is 8.57. The minimum atomic E-state index is -1.55. The van der Waals surface area contributed by atoms with Gasteiger partial charge in [0.1, 0.15) is 12.1 Å². The lowest BCUT2D eigenvalue weighted by Crippen LogP contribution is -2.58. The number of rotatable bonds is 11. The van der Waals surface area contributed by atoms with Crippen LogP contribution in [0, 0.1) is 5.92 Å². The molecule has 0 aliphatic heterocycles. The molecule has 160 valence electrons. The second-order valence-corrected chi connectivity index (χ2v) is 6.73.